The van der Waals surface area contributed by atoms with Gasteiger partial charge in [-0.1, -0.05) is 60.7 Å². The molecule has 122 valence electrons. The van der Waals surface area contributed by atoms with Crippen LogP contribution in [0.25, 0.3) is 0 Å². The van der Waals surface area contributed by atoms with E-state index < -0.39 is 12.2 Å². The lowest BCUT2D eigenvalue weighted by Crippen LogP contribution is -2.26. The predicted octanol–water partition coefficient (Wildman–Crippen LogP) is 3.62. The Balaban J connectivity index is 1.62. The molecule has 1 heterocycles. The predicted molar refractivity (Wildman–Crippen MR) is 91.2 cm³/mol. The first-order chi connectivity index (χ1) is 11.8. The minimum absolute atomic E-state index is 0.426. The smallest absolute Gasteiger partial charge is 0.408 e. The zero-order valence-corrected chi connectivity index (χ0v) is 13.2. The van der Waals surface area contributed by atoms with Crippen LogP contribution in [0.1, 0.15) is 23.1 Å². The number of carbonyl (C=O) groups is 1. The first kappa shape index (κ1) is 15.8. The van der Waals surface area contributed by atoms with E-state index in [1.807, 2.05) is 60.7 Å². The highest BCUT2D eigenvalue weighted by atomic mass is 16.6. The Morgan fingerprint density at radius 1 is 1.04 bits per heavy atom. The molecule has 1 amide bonds. The molecule has 0 saturated carbocycles. The number of imidazole rings is 1. The summed E-state index contributed by atoms with van der Waals surface area (Å²) in [6.07, 6.45) is 3.01. The Morgan fingerprint density at radius 2 is 1.71 bits per heavy atom. The Labute approximate surface area is 140 Å². The standard InChI is InChI=1S/C19H19N3O2/c23-19(22-14-16-9-5-2-6-10-16)24-17(18-20-11-12-21-18)13-15-7-3-1-4-8-15/h1-12,17H,13-14H2,(H,20,21)(H,22,23)/t17-/m1/s1. The molecule has 3 rings (SSSR count). The summed E-state index contributed by atoms with van der Waals surface area (Å²) < 4.78 is 5.58. The van der Waals surface area contributed by atoms with E-state index in [4.69, 9.17) is 4.74 Å². The maximum Gasteiger partial charge on any atom is 0.408 e. The average molecular weight is 321 g/mol. The molecular weight excluding hydrogens is 302 g/mol. The number of aromatic nitrogens is 2. The zero-order chi connectivity index (χ0) is 16.6. The SMILES string of the molecule is O=C(NCc1ccccc1)O[C@H](Cc1ccccc1)c1ncc[nH]1. The van der Waals surface area contributed by atoms with E-state index in [-0.39, 0.29) is 0 Å². The van der Waals surface area contributed by atoms with Crippen molar-refractivity contribution >= 4 is 6.09 Å². The van der Waals surface area contributed by atoms with Crippen molar-refractivity contribution < 1.29 is 9.53 Å². The fourth-order valence-electron chi connectivity index (χ4n) is 2.42. The van der Waals surface area contributed by atoms with Crippen molar-refractivity contribution in [2.75, 3.05) is 0 Å². The van der Waals surface area contributed by atoms with Crippen molar-refractivity contribution in [3.63, 3.8) is 0 Å². The third kappa shape index (κ3) is 4.46. The van der Waals surface area contributed by atoms with Gasteiger partial charge >= 0.3 is 6.09 Å². The van der Waals surface area contributed by atoms with Crippen molar-refractivity contribution in [1.82, 2.24) is 15.3 Å². The van der Waals surface area contributed by atoms with E-state index in [9.17, 15) is 4.79 Å². The lowest BCUT2D eigenvalue weighted by Gasteiger charge is -2.16. The van der Waals surface area contributed by atoms with Crippen LogP contribution >= 0.6 is 0 Å². The van der Waals surface area contributed by atoms with E-state index in [0.29, 0.717) is 18.8 Å². The second kappa shape index (κ2) is 7.97. The summed E-state index contributed by atoms with van der Waals surface area (Å²) in [6, 6.07) is 19.6. The van der Waals surface area contributed by atoms with Crippen molar-refractivity contribution in [3.8, 4) is 0 Å². The lowest BCUT2D eigenvalue weighted by molar-refractivity contribution is 0.0927. The van der Waals surface area contributed by atoms with E-state index >= 15 is 0 Å². The summed E-state index contributed by atoms with van der Waals surface area (Å²) in [6.45, 7) is 0.426. The van der Waals surface area contributed by atoms with Gasteiger partial charge < -0.3 is 15.0 Å². The highest BCUT2D eigenvalue weighted by molar-refractivity contribution is 5.67. The fourth-order valence-corrected chi connectivity index (χ4v) is 2.42. The highest BCUT2D eigenvalue weighted by Crippen LogP contribution is 2.19. The van der Waals surface area contributed by atoms with Gasteiger partial charge in [0.25, 0.3) is 0 Å². The number of hydrogen-bond acceptors (Lipinski definition) is 3. The normalized spacial score (nSPS) is 11.7. The second-order valence-electron chi connectivity index (χ2n) is 5.40. The molecule has 0 unspecified atom stereocenters. The molecule has 0 fully saturated rings. The first-order valence-electron chi connectivity index (χ1n) is 7.83. The maximum atomic E-state index is 12.1. The van der Waals surface area contributed by atoms with Crippen LogP contribution in [0.3, 0.4) is 0 Å². The summed E-state index contributed by atoms with van der Waals surface area (Å²) >= 11 is 0. The van der Waals surface area contributed by atoms with Crippen LogP contribution in [-0.4, -0.2) is 16.1 Å². The van der Waals surface area contributed by atoms with Gasteiger partial charge in [-0.25, -0.2) is 9.78 Å². The number of rotatable bonds is 6. The number of hydrogen-bond donors (Lipinski definition) is 2. The molecule has 1 aromatic heterocycles. The molecular formula is C19H19N3O2. The number of H-pyrrole nitrogens is 1. The molecule has 2 N–H and O–H groups in total. The number of alkyl carbamates (subject to hydrolysis) is 1. The van der Waals surface area contributed by atoms with Gasteiger partial charge in [0.15, 0.2) is 6.10 Å². The van der Waals surface area contributed by atoms with Crippen LogP contribution in [0.15, 0.2) is 73.1 Å². The van der Waals surface area contributed by atoms with Crippen molar-refractivity contribution in [1.29, 1.82) is 0 Å². The van der Waals surface area contributed by atoms with Crippen LogP contribution in [0.2, 0.25) is 0 Å². The van der Waals surface area contributed by atoms with Gasteiger partial charge in [0.1, 0.15) is 5.82 Å². The lowest BCUT2D eigenvalue weighted by atomic mass is 10.1. The number of amides is 1. The van der Waals surface area contributed by atoms with Crippen LogP contribution in [0.5, 0.6) is 0 Å². The topological polar surface area (TPSA) is 67.0 Å². The first-order valence-corrected chi connectivity index (χ1v) is 7.83. The molecule has 24 heavy (non-hydrogen) atoms. The van der Waals surface area contributed by atoms with Gasteiger partial charge in [-0.3, -0.25) is 0 Å². The maximum absolute atomic E-state index is 12.1. The minimum Gasteiger partial charge on any atom is -0.438 e. The fraction of sp³-hybridized carbons (Fsp3) is 0.158. The van der Waals surface area contributed by atoms with Gasteiger partial charge in [0.05, 0.1) is 0 Å². The molecule has 0 saturated heterocycles. The molecule has 0 spiro atoms. The highest BCUT2D eigenvalue weighted by Gasteiger charge is 2.19. The largest absolute Gasteiger partial charge is 0.438 e. The molecule has 3 aromatic rings. The van der Waals surface area contributed by atoms with Crippen molar-refractivity contribution in [2.45, 2.75) is 19.1 Å². The monoisotopic (exact) mass is 321 g/mol. The summed E-state index contributed by atoms with van der Waals surface area (Å²) in [4.78, 5) is 19.4. The number of aromatic amines is 1. The van der Waals surface area contributed by atoms with Crippen LogP contribution in [-0.2, 0) is 17.7 Å². The summed E-state index contributed by atoms with van der Waals surface area (Å²) in [5.41, 5.74) is 2.10. The molecule has 0 aliphatic heterocycles. The number of ether oxygens (including phenoxy) is 1. The Hall–Kier alpha value is -3.08. The van der Waals surface area contributed by atoms with Crippen molar-refractivity contribution in [2.24, 2.45) is 0 Å². The molecule has 0 aliphatic rings. The Morgan fingerprint density at radius 3 is 2.33 bits per heavy atom. The molecule has 2 aromatic carbocycles. The van der Waals surface area contributed by atoms with Gasteiger partial charge in [-0.15, -0.1) is 0 Å². The van der Waals surface area contributed by atoms with Crippen LogP contribution in [0, 0.1) is 0 Å². The van der Waals surface area contributed by atoms with Gasteiger partial charge in [-0.2, -0.15) is 0 Å². The Kier molecular flexibility index (Phi) is 5.24. The quantitative estimate of drug-likeness (QED) is 0.728. The average Bonchev–Trinajstić information content (AvgIpc) is 3.16. The second-order valence-corrected chi connectivity index (χ2v) is 5.40. The summed E-state index contributed by atoms with van der Waals surface area (Å²) in [7, 11) is 0. The molecule has 5 nitrogen and oxygen atoms in total. The molecule has 5 heteroatoms. The van der Waals surface area contributed by atoms with Gasteiger partial charge in [-0.05, 0) is 11.1 Å². The summed E-state index contributed by atoms with van der Waals surface area (Å²) in [5, 5.41) is 2.77. The zero-order valence-electron chi connectivity index (χ0n) is 13.2. The molecule has 0 bridgehead atoms. The molecule has 0 aliphatic carbocycles. The van der Waals surface area contributed by atoms with Crippen LogP contribution < -0.4 is 5.32 Å². The molecule has 0 radical (unpaired) electrons. The van der Waals surface area contributed by atoms with Gasteiger partial charge in [0, 0.05) is 25.4 Å². The number of nitrogens with one attached hydrogen (secondary N) is 2. The third-order valence-corrected chi connectivity index (χ3v) is 3.62. The van der Waals surface area contributed by atoms with Crippen LogP contribution in [0.4, 0.5) is 4.79 Å². The minimum atomic E-state index is -0.462. The van der Waals surface area contributed by atoms with E-state index in [0.717, 1.165) is 11.1 Å². The van der Waals surface area contributed by atoms with E-state index in [1.54, 1.807) is 12.4 Å². The number of carbonyl (C=O) groups excluding carboxylic acids is 1. The van der Waals surface area contributed by atoms with E-state index in [2.05, 4.69) is 15.3 Å². The van der Waals surface area contributed by atoms with Crippen molar-refractivity contribution in [3.05, 3.63) is 90.0 Å². The third-order valence-electron chi connectivity index (χ3n) is 3.62. The Bertz CT molecular complexity index is 743. The summed E-state index contributed by atoms with van der Waals surface area (Å²) in [5.74, 6) is 0.633. The van der Waals surface area contributed by atoms with E-state index in [1.165, 1.54) is 0 Å². The number of nitrogens with zero attached hydrogens (tertiary/aromatic N) is 1. The van der Waals surface area contributed by atoms with Gasteiger partial charge in [0.2, 0.25) is 0 Å². The number of benzene rings is 2. The molecule has 1 atom stereocenters.